The van der Waals surface area contributed by atoms with Crippen molar-refractivity contribution in [2.24, 2.45) is 0 Å². The van der Waals surface area contributed by atoms with Crippen molar-refractivity contribution in [1.29, 1.82) is 0 Å². The average Bonchev–Trinajstić information content (AvgIpc) is 2.17. The van der Waals surface area contributed by atoms with E-state index < -0.39 is 19.6 Å². The molecule has 4 heteroatoms. The van der Waals surface area contributed by atoms with Crippen molar-refractivity contribution < 1.29 is 13.2 Å². The van der Waals surface area contributed by atoms with E-state index in [4.69, 9.17) is 0 Å². The molecule has 0 N–H and O–H groups in total. The lowest BCUT2D eigenvalue weighted by Crippen LogP contribution is -2.35. The topological polar surface area (TPSA) is 0 Å². The molecule has 0 rings (SSSR count). The molecule has 0 aromatic carbocycles. The van der Waals surface area contributed by atoms with Crippen LogP contribution >= 0.6 is 0 Å². The van der Waals surface area contributed by atoms with Crippen molar-refractivity contribution >= 4 is 8.07 Å². The summed E-state index contributed by atoms with van der Waals surface area (Å²) in [6.45, 7) is 5.82. The Morgan fingerprint density at radius 1 is 0.800 bits per heavy atom. The van der Waals surface area contributed by atoms with E-state index in [1.165, 1.54) is 0 Å². The first-order chi connectivity index (χ1) is 7.04. The van der Waals surface area contributed by atoms with E-state index in [0.717, 1.165) is 19.3 Å². The first kappa shape index (κ1) is 14.7. The van der Waals surface area contributed by atoms with Gasteiger partial charge < -0.3 is 0 Å². The van der Waals surface area contributed by atoms with Gasteiger partial charge in [-0.3, -0.25) is 0 Å². The van der Waals surface area contributed by atoms with Crippen molar-refractivity contribution in [1.82, 2.24) is 0 Å². The van der Waals surface area contributed by atoms with E-state index in [2.05, 4.69) is 0 Å². The SMILES string of the molecule is CCC[Si](CCC)(CCC)C(F)=C(F)F. The molecule has 0 saturated heterocycles. The minimum Gasteiger partial charge on any atom is -0.212 e. The molecule has 0 heterocycles. The van der Waals surface area contributed by atoms with Crippen LogP contribution in [0.1, 0.15) is 40.0 Å². The van der Waals surface area contributed by atoms with Gasteiger partial charge in [0, 0.05) is 0 Å². The zero-order chi connectivity index (χ0) is 11.9. The summed E-state index contributed by atoms with van der Waals surface area (Å²) in [6, 6.07) is 1.95. The van der Waals surface area contributed by atoms with Gasteiger partial charge in [-0.2, -0.15) is 8.78 Å². The van der Waals surface area contributed by atoms with Crippen LogP contribution in [-0.2, 0) is 0 Å². The minimum absolute atomic E-state index is 0.651. The molecule has 0 aliphatic rings. The molecule has 0 aliphatic heterocycles. The lowest BCUT2D eigenvalue weighted by Gasteiger charge is -2.28. The smallest absolute Gasteiger partial charge is 0.212 e. The van der Waals surface area contributed by atoms with E-state index in [1.54, 1.807) is 0 Å². The summed E-state index contributed by atoms with van der Waals surface area (Å²) in [5.74, 6) is 0. The summed E-state index contributed by atoms with van der Waals surface area (Å²) < 4.78 is 38.5. The van der Waals surface area contributed by atoms with Crippen molar-refractivity contribution in [3.05, 3.63) is 11.5 Å². The Balaban J connectivity index is 5.00. The van der Waals surface area contributed by atoms with E-state index >= 15 is 0 Å². The third kappa shape index (κ3) is 4.01. The van der Waals surface area contributed by atoms with E-state index in [0.29, 0.717) is 18.1 Å². The Labute approximate surface area is 91.6 Å². The lowest BCUT2D eigenvalue weighted by atomic mass is 10.5. The molecule has 0 amide bonds. The summed E-state index contributed by atoms with van der Waals surface area (Å²) >= 11 is 0. The third-order valence-corrected chi connectivity index (χ3v) is 8.31. The van der Waals surface area contributed by atoms with Crippen molar-refractivity contribution in [2.45, 2.75) is 58.2 Å². The fourth-order valence-corrected chi connectivity index (χ4v) is 7.02. The molecule has 0 radical (unpaired) electrons. The van der Waals surface area contributed by atoms with Crippen LogP contribution in [0.5, 0.6) is 0 Å². The minimum atomic E-state index is -2.50. The zero-order valence-corrected chi connectivity index (χ0v) is 10.9. The second-order valence-corrected chi connectivity index (χ2v) is 8.60. The molecule has 0 unspecified atom stereocenters. The Kier molecular flexibility index (Phi) is 6.97. The van der Waals surface area contributed by atoms with Gasteiger partial charge in [0.05, 0.1) is 0 Å². The second-order valence-electron chi connectivity index (χ2n) is 4.10. The lowest BCUT2D eigenvalue weighted by molar-refractivity contribution is 0.390. The van der Waals surface area contributed by atoms with Crippen LogP contribution in [0.25, 0.3) is 0 Å². The van der Waals surface area contributed by atoms with Gasteiger partial charge in [-0.25, -0.2) is 4.39 Å². The van der Waals surface area contributed by atoms with E-state index in [1.807, 2.05) is 20.8 Å². The quantitative estimate of drug-likeness (QED) is 0.529. The fraction of sp³-hybridized carbons (Fsp3) is 0.818. The first-order valence-corrected chi connectivity index (χ1v) is 8.37. The number of hydrogen-bond acceptors (Lipinski definition) is 0. The molecule has 0 spiro atoms. The van der Waals surface area contributed by atoms with Crippen molar-refractivity contribution in [3.63, 3.8) is 0 Å². The zero-order valence-electron chi connectivity index (χ0n) is 9.88. The Bertz CT molecular complexity index is 193. The number of halogens is 3. The molecular weight excluding hydrogens is 217 g/mol. The summed E-state index contributed by atoms with van der Waals surface area (Å²) in [6.07, 6.45) is 0.323. The summed E-state index contributed by atoms with van der Waals surface area (Å²) in [5, 5.41) is 0. The fourth-order valence-electron chi connectivity index (χ4n) is 2.34. The summed E-state index contributed by atoms with van der Waals surface area (Å²) in [4.78, 5) is 0. The highest BCUT2D eigenvalue weighted by Gasteiger charge is 2.38. The average molecular weight is 238 g/mol. The molecule has 0 aliphatic carbocycles. The van der Waals surface area contributed by atoms with E-state index in [-0.39, 0.29) is 0 Å². The predicted octanol–water partition coefficient (Wildman–Crippen LogP) is 5.28. The van der Waals surface area contributed by atoms with Crippen LogP contribution in [0.2, 0.25) is 18.1 Å². The molecule has 0 aromatic heterocycles. The van der Waals surface area contributed by atoms with Gasteiger partial charge in [-0.1, -0.05) is 58.2 Å². The van der Waals surface area contributed by atoms with Crippen LogP contribution in [0.3, 0.4) is 0 Å². The monoisotopic (exact) mass is 238 g/mol. The standard InChI is InChI=1S/C11H21F3Si/c1-4-7-15(8-5-2,9-6-3)11(14)10(12)13/h4-9H2,1-3H3. The van der Waals surface area contributed by atoms with E-state index in [9.17, 15) is 13.2 Å². The maximum atomic E-state index is 13.6. The maximum Gasteiger partial charge on any atom is 0.296 e. The summed E-state index contributed by atoms with van der Waals surface area (Å²) in [7, 11) is -2.50. The summed E-state index contributed by atoms with van der Waals surface area (Å²) in [5.41, 5.74) is -1.03. The van der Waals surface area contributed by atoms with Crippen LogP contribution in [0.15, 0.2) is 11.5 Å². The molecule has 0 saturated carbocycles. The van der Waals surface area contributed by atoms with Crippen LogP contribution in [0.4, 0.5) is 13.2 Å². The maximum absolute atomic E-state index is 13.6. The van der Waals surface area contributed by atoms with Crippen molar-refractivity contribution in [2.75, 3.05) is 0 Å². The molecule has 0 bridgehead atoms. The van der Waals surface area contributed by atoms with Crippen LogP contribution < -0.4 is 0 Å². The Morgan fingerprint density at radius 3 is 1.33 bits per heavy atom. The third-order valence-electron chi connectivity index (χ3n) is 2.82. The first-order valence-electron chi connectivity index (χ1n) is 5.75. The molecule has 0 aromatic rings. The number of rotatable bonds is 7. The highest BCUT2D eigenvalue weighted by Crippen LogP contribution is 2.36. The highest BCUT2D eigenvalue weighted by molar-refractivity contribution is 6.86. The normalized spacial score (nSPS) is 11.6. The Hall–Kier alpha value is -0.253. The van der Waals surface area contributed by atoms with Crippen LogP contribution in [0, 0.1) is 0 Å². The van der Waals surface area contributed by atoms with Crippen LogP contribution in [-0.4, -0.2) is 8.07 Å². The van der Waals surface area contributed by atoms with Gasteiger partial charge in [0.25, 0.3) is 6.08 Å². The van der Waals surface area contributed by atoms with Gasteiger partial charge in [0.15, 0.2) is 0 Å². The largest absolute Gasteiger partial charge is 0.296 e. The Morgan fingerprint density at radius 2 is 1.13 bits per heavy atom. The predicted molar refractivity (Wildman–Crippen MR) is 61.4 cm³/mol. The van der Waals surface area contributed by atoms with Gasteiger partial charge in [-0.05, 0) is 0 Å². The number of hydrogen-bond donors (Lipinski definition) is 0. The molecule has 15 heavy (non-hydrogen) atoms. The van der Waals surface area contributed by atoms with Gasteiger partial charge in [0.2, 0.25) is 0 Å². The highest BCUT2D eigenvalue weighted by atomic mass is 28.3. The van der Waals surface area contributed by atoms with Gasteiger partial charge in [0.1, 0.15) is 13.5 Å². The molecule has 90 valence electrons. The second kappa shape index (κ2) is 7.09. The van der Waals surface area contributed by atoms with Gasteiger partial charge in [-0.15, -0.1) is 0 Å². The molecule has 0 nitrogen and oxygen atoms in total. The van der Waals surface area contributed by atoms with Gasteiger partial charge >= 0.3 is 0 Å². The molecule has 0 atom stereocenters. The molecular formula is C11H21F3Si. The van der Waals surface area contributed by atoms with Crippen molar-refractivity contribution in [3.8, 4) is 0 Å². The molecule has 0 fully saturated rings.